The Morgan fingerprint density at radius 2 is 2.31 bits per heavy atom. The summed E-state index contributed by atoms with van der Waals surface area (Å²) < 4.78 is 30.1. The van der Waals surface area contributed by atoms with Crippen molar-refractivity contribution in [2.75, 3.05) is 25.1 Å². The second kappa shape index (κ2) is 6.39. The summed E-state index contributed by atoms with van der Waals surface area (Å²) in [5.74, 6) is -3.56. The average Bonchev–Trinajstić information content (AvgIpc) is 2.47. The summed E-state index contributed by atoms with van der Waals surface area (Å²) in [4.78, 5) is 10.7. The fourth-order valence-electron chi connectivity index (χ4n) is 1.52. The third kappa shape index (κ3) is 4.25. The number of nitrogens with one attached hydrogen (secondary N) is 1. The van der Waals surface area contributed by atoms with Crippen LogP contribution in [0.25, 0.3) is 0 Å². The number of unbranched alkanes of at least 4 members (excludes halogenated alkanes) is 1. The average molecular weight is 253 g/mol. The first-order chi connectivity index (χ1) is 7.56. The lowest BCUT2D eigenvalue weighted by molar-refractivity contribution is -0.158. The molecular formula is C10H17F2NO2S. The zero-order valence-electron chi connectivity index (χ0n) is 9.30. The molecule has 1 fully saturated rings. The minimum Gasteiger partial charge on any atom is -0.456 e. The van der Waals surface area contributed by atoms with E-state index in [1.807, 2.05) is 6.26 Å². The predicted molar refractivity (Wildman–Crippen MR) is 59.9 cm³/mol. The molecule has 0 saturated carbocycles. The van der Waals surface area contributed by atoms with Crippen molar-refractivity contribution in [2.45, 2.75) is 31.3 Å². The molecule has 1 unspecified atom stereocenters. The quantitative estimate of drug-likeness (QED) is 0.553. The number of alkyl halides is 2. The van der Waals surface area contributed by atoms with Gasteiger partial charge in [-0.2, -0.15) is 20.5 Å². The first-order valence-corrected chi connectivity index (χ1v) is 6.74. The lowest BCUT2D eigenvalue weighted by Gasteiger charge is -2.09. The maximum atomic E-state index is 12.8. The summed E-state index contributed by atoms with van der Waals surface area (Å²) in [6.07, 6.45) is 2.99. The number of cyclic esters (lactones) is 1. The van der Waals surface area contributed by atoms with Crippen LogP contribution in [0.1, 0.15) is 19.3 Å². The zero-order valence-corrected chi connectivity index (χ0v) is 10.1. The van der Waals surface area contributed by atoms with Gasteiger partial charge in [0.2, 0.25) is 0 Å². The number of carbonyl (C=O) groups excluding carboxylic acids is 1. The Labute approximate surface area is 98.3 Å². The molecule has 0 aromatic rings. The monoisotopic (exact) mass is 253 g/mol. The Bertz CT molecular complexity index is 239. The Morgan fingerprint density at radius 1 is 1.56 bits per heavy atom. The van der Waals surface area contributed by atoms with Crippen LogP contribution in [0.2, 0.25) is 0 Å². The van der Waals surface area contributed by atoms with E-state index >= 15 is 0 Å². The second-order valence-corrected chi connectivity index (χ2v) is 4.83. The molecule has 1 rings (SSSR count). The molecule has 0 aliphatic carbocycles. The molecule has 0 bridgehead atoms. The van der Waals surface area contributed by atoms with E-state index in [4.69, 9.17) is 0 Å². The van der Waals surface area contributed by atoms with E-state index in [2.05, 4.69) is 10.1 Å². The summed E-state index contributed by atoms with van der Waals surface area (Å²) in [6, 6.07) is 0. The zero-order chi connectivity index (χ0) is 12.0. The number of esters is 1. The van der Waals surface area contributed by atoms with Gasteiger partial charge in [-0.15, -0.1) is 0 Å². The molecule has 94 valence electrons. The van der Waals surface area contributed by atoms with Gasteiger partial charge in [-0.05, 0) is 31.4 Å². The van der Waals surface area contributed by atoms with Gasteiger partial charge in [0.1, 0.15) is 6.10 Å². The van der Waals surface area contributed by atoms with Crippen LogP contribution in [0.15, 0.2) is 0 Å². The lowest BCUT2D eigenvalue weighted by atomic mass is 10.2. The summed E-state index contributed by atoms with van der Waals surface area (Å²) in [5, 5.41) is 3.02. The molecule has 0 radical (unpaired) electrons. The van der Waals surface area contributed by atoms with Crippen LogP contribution < -0.4 is 5.32 Å². The van der Waals surface area contributed by atoms with E-state index < -0.39 is 24.4 Å². The van der Waals surface area contributed by atoms with Crippen molar-refractivity contribution in [3.05, 3.63) is 0 Å². The standard InChI is InChI=1S/C10H17F2NO2S/c1-16-5-3-2-4-13-7-8-6-10(11,12)9(14)15-8/h8,13H,2-7H2,1H3. The minimum absolute atomic E-state index is 0.320. The van der Waals surface area contributed by atoms with Gasteiger partial charge in [0.05, 0.1) is 6.42 Å². The highest BCUT2D eigenvalue weighted by molar-refractivity contribution is 7.98. The van der Waals surface area contributed by atoms with Crippen molar-refractivity contribution in [2.24, 2.45) is 0 Å². The molecule has 1 N–H and O–H groups in total. The van der Waals surface area contributed by atoms with Crippen molar-refractivity contribution in [1.29, 1.82) is 0 Å². The number of hydrogen-bond donors (Lipinski definition) is 1. The molecule has 6 heteroatoms. The molecule has 0 aromatic heterocycles. The van der Waals surface area contributed by atoms with Gasteiger partial charge in [0.25, 0.3) is 0 Å². The molecule has 1 saturated heterocycles. The number of carbonyl (C=O) groups is 1. The summed E-state index contributed by atoms with van der Waals surface area (Å²) in [7, 11) is 0. The minimum atomic E-state index is -3.29. The Balaban J connectivity index is 2.05. The molecule has 1 heterocycles. The highest BCUT2D eigenvalue weighted by atomic mass is 32.2. The van der Waals surface area contributed by atoms with Crippen molar-refractivity contribution in [3.63, 3.8) is 0 Å². The molecule has 16 heavy (non-hydrogen) atoms. The molecule has 1 atom stereocenters. The van der Waals surface area contributed by atoms with Crippen LogP contribution in [-0.4, -0.2) is 43.1 Å². The number of hydrogen-bond acceptors (Lipinski definition) is 4. The number of rotatable bonds is 7. The highest BCUT2D eigenvalue weighted by Gasteiger charge is 2.50. The van der Waals surface area contributed by atoms with Crippen molar-refractivity contribution in [1.82, 2.24) is 5.32 Å². The molecular weight excluding hydrogens is 236 g/mol. The first kappa shape index (κ1) is 13.7. The summed E-state index contributed by atoms with van der Waals surface area (Å²) in [5.41, 5.74) is 0. The Morgan fingerprint density at radius 3 is 2.88 bits per heavy atom. The second-order valence-electron chi connectivity index (χ2n) is 3.84. The summed E-state index contributed by atoms with van der Waals surface area (Å²) in [6.45, 7) is 1.10. The van der Waals surface area contributed by atoms with Gasteiger partial charge in [-0.3, -0.25) is 0 Å². The predicted octanol–water partition coefficient (Wildman–Crippen LogP) is 1.67. The van der Waals surface area contributed by atoms with Crippen molar-refractivity contribution < 1.29 is 18.3 Å². The van der Waals surface area contributed by atoms with Gasteiger partial charge in [-0.1, -0.05) is 0 Å². The highest BCUT2D eigenvalue weighted by Crippen LogP contribution is 2.30. The molecule has 0 amide bonds. The third-order valence-corrected chi connectivity index (χ3v) is 3.08. The van der Waals surface area contributed by atoms with Crippen LogP contribution in [0.3, 0.4) is 0 Å². The molecule has 0 spiro atoms. The van der Waals surface area contributed by atoms with Gasteiger partial charge in [-0.25, -0.2) is 4.79 Å². The number of ether oxygens (including phenoxy) is 1. The Hall–Kier alpha value is -0.360. The van der Waals surface area contributed by atoms with Crippen molar-refractivity contribution in [3.8, 4) is 0 Å². The SMILES string of the molecule is CSCCCCNCC1CC(F)(F)C(=O)O1. The van der Waals surface area contributed by atoms with Crippen LogP contribution in [-0.2, 0) is 9.53 Å². The molecule has 1 aliphatic rings. The smallest absolute Gasteiger partial charge is 0.377 e. The lowest BCUT2D eigenvalue weighted by Crippen LogP contribution is -2.28. The van der Waals surface area contributed by atoms with E-state index in [1.54, 1.807) is 11.8 Å². The van der Waals surface area contributed by atoms with E-state index in [9.17, 15) is 13.6 Å². The molecule has 0 aromatic carbocycles. The van der Waals surface area contributed by atoms with E-state index in [-0.39, 0.29) is 0 Å². The van der Waals surface area contributed by atoms with Gasteiger partial charge >= 0.3 is 11.9 Å². The third-order valence-electron chi connectivity index (χ3n) is 2.38. The maximum absolute atomic E-state index is 12.8. The van der Waals surface area contributed by atoms with Crippen LogP contribution >= 0.6 is 11.8 Å². The molecule has 3 nitrogen and oxygen atoms in total. The van der Waals surface area contributed by atoms with E-state index in [1.165, 1.54) is 0 Å². The normalized spacial score (nSPS) is 23.4. The van der Waals surface area contributed by atoms with Gasteiger partial charge < -0.3 is 10.1 Å². The van der Waals surface area contributed by atoms with E-state index in [0.717, 1.165) is 25.1 Å². The maximum Gasteiger partial charge on any atom is 0.377 e. The van der Waals surface area contributed by atoms with Gasteiger partial charge in [0, 0.05) is 6.54 Å². The summed E-state index contributed by atoms with van der Waals surface area (Å²) >= 11 is 1.79. The topological polar surface area (TPSA) is 38.3 Å². The number of thioether (sulfide) groups is 1. The largest absolute Gasteiger partial charge is 0.456 e. The first-order valence-electron chi connectivity index (χ1n) is 5.35. The fourth-order valence-corrected chi connectivity index (χ4v) is 2.01. The van der Waals surface area contributed by atoms with Gasteiger partial charge in [0.15, 0.2) is 0 Å². The van der Waals surface area contributed by atoms with Crippen LogP contribution in [0.4, 0.5) is 8.78 Å². The van der Waals surface area contributed by atoms with Crippen LogP contribution in [0, 0.1) is 0 Å². The van der Waals surface area contributed by atoms with Crippen molar-refractivity contribution >= 4 is 17.7 Å². The Kier molecular flexibility index (Phi) is 5.48. The fraction of sp³-hybridized carbons (Fsp3) is 0.900. The number of halogens is 2. The van der Waals surface area contributed by atoms with E-state index in [0.29, 0.717) is 6.54 Å². The molecule has 1 aliphatic heterocycles. The van der Waals surface area contributed by atoms with Crippen LogP contribution in [0.5, 0.6) is 0 Å².